The molecular formula is C13H9F4N. The standard InChI is InChI=1S/C13H9F4N/c14-11-3-1-2-10(12(11)15)7-4-8(13(16)17)6-9(18)5-7/h1-6,13H,18H2. The van der Waals surface area contributed by atoms with Gasteiger partial charge in [0.25, 0.3) is 6.43 Å². The first-order valence-corrected chi connectivity index (χ1v) is 5.12. The van der Waals surface area contributed by atoms with E-state index >= 15 is 0 Å². The van der Waals surface area contributed by atoms with Crippen LogP contribution in [0.15, 0.2) is 36.4 Å². The third-order valence-electron chi connectivity index (χ3n) is 2.49. The molecule has 0 aliphatic carbocycles. The largest absolute Gasteiger partial charge is 0.399 e. The monoisotopic (exact) mass is 255 g/mol. The highest BCUT2D eigenvalue weighted by Crippen LogP contribution is 2.30. The average Bonchev–Trinajstić information content (AvgIpc) is 2.31. The fourth-order valence-electron chi connectivity index (χ4n) is 1.68. The van der Waals surface area contributed by atoms with Crippen molar-refractivity contribution in [3.05, 3.63) is 53.6 Å². The summed E-state index contributed by atoms with van der Waals surface area (Å²) in [7, 11) is 0. The highest BCUT2D eigenvalue weighted by Gasteiger charge is 2.14. The van der Waals surface area contributed by atoms with Crippen molar-refractivity contribution in [1.29, 1.82) is 0 Å². The minimum absolute atomic E-state index is 0.0754. The first-order chi connectivity index (χ1) is 8.49. The Morgan fingerprint density at radius 2 is 1.72 bits per heavy atom. The number of rotatable bonds is 2. The molecule has 0 fully saturated rings. The molecule has 0 bridgehead atoms. The van der Waals surface area contributed by atoms with Crippen LogP contribution in [0.4, 0.5) is 23.2 Å². The summed E-state index contributed by atoms with van der Waals surface area (Å²) in [5.41, 5.74) is 5.26. The number of anilines is 1. The number of halogens is 4. The SMILES string of the molecule is Nc1cc(-c2cccc(F)c2F)cc(C(F)F)c1. The summed E-state index contributed by atoms with van der Waals surface area (Å²) < 4.78 is 51.8. The van der Waals surface area contributed by atoms with Gasteiger partial charge in [0.1, 0.15) is 0 Å². The van der Waals surface area contributed by atoms with E-state index in [9.17, 15) is 17.6 Å². The van der Waals surface area contributed by atoms with Gasteiger partial charge in [-0.3, -0.25) is 0 Å². The quantitative estimate of drug-likeness (QED) is 0.633. The molecule has 0 atom stereocenters. The van der Waals surface area contributed by atoms with Gasteiger partial charge in [0.15, 0.2) is 11.6 Å². The van der Waals surface area contributed by atoms with E-state index in [4.69, 9.17) is 5.73 Å². The molecule has 2 aromatic carbocycles. The van der Waals surface area contributed by atoms with Crippen molar-refractivity contribution in [2.75, 3.05) is 5.73 Å². The van der Waals surface area contributed by atoms with Crippen LogP contribution in [0.1, 0.15) is 12.0 Å². The fourth-order valence-corrected chi connectivity index (χ4v) is 1.68. The first kappa shape index (κ1) is 12.4. The van der Waals surface area contributed by atoms with Gasteiger partial charge in [-0.15, -0.1) is 0 Å². The molecular weight excluding hydrogens is 246 g/mol. The van der Waals surface area contributed by atoms with Gasteiger partial charge >= 0.3 is 0 Å². The predicted octanol–water partition coefficient (Wildman–Crippen LogP) is 4.15. The number of nitrogens with two attached hydrogens (primary N) is 1. The van der Waals surface area contributed by atoms with Gasteiger partial charge in [-0.25, -0.2) is 17.6 Å². The lowest BCUT2D eigenvalue weighted by Crippen LogP contribution is -1.94. The van der Waals surface area contributed by atoms with Crippen molar-refractivity contribution in [2.45, 2.75) is 6.43 Å². The number of hydrogen-bond donors (Lipinski definition) is 1. The number of hydrogen-bond acceptors (Lipinski definition) is 1. The normalized spacial score (nSPS) is 10.9. The van der Waals surface area contributed by atoms with Crippen molar-refractivity contribution in [1.82, 2.24) is 0 Å². The van der Waals surface area contributed by atoms with E-state index in [-0.39, 0.29) is 22.4 Å². The third-order valence-corrected chi connectivity index (χ3v) is 2.49. The van der Waals surface area contributed by atoms with Gasteiger partial charge in [-0.2, -0.15) is 0 Å². The summed E-state index contributed by atoms with van der Waals surface area (Å²) in [5, 5.41) is 0. The van der Waals surface area contributed by atoms with Crippen LogP contribution in [-0.2, 0) is 0 Å². The molecule has 2 N–H and O–H groups in total. The van der Waals surface area contributed by atoms with E-state index in [1.54, 1.807) is 0 Å². The molecule has 0 radical (unpaired) electrons. The molecule has 2 aromatic rings. The van der Waals surface area contributed by atoms with Crippen LogP contribution in [0.2, 0.25) is 0 Å². The van der Waals surface area contributed by atoms with Gasteiger partial charge in [0.05, 0.1) is 0 Å². The Kier molecular flexibility index (Phi) is 3.23. The van der Waals surface area contributed by atoms with Gasteiger partial charge in [0, 0.05) is 16.8 Å². The number of alkyl halides is 2. The Balaban J connectivity index is 2.60. The van der Waals surface area contributed by atoms with Crippen LogP contribution in [0.25, 0.3) is 11.1 Å². The van der Waals surface area contributed by atoms with E-state index < -0.39 is 18.1 Å². The van der Waals surface area contributed by atoms with Crippen LogP contribution in [0, 0.1) is 11.6 Å². The molecule has 2 rings (SSSR count). The van der Waals surface area contributed by atoms with Crippen molar-refractivity contribution in [3.8, 4) is 11.1 Å². The third kappa shape index (κ3) is 2.30. The first-order valence-electron chi connectivity index (χ1n) is 5.12. The Labute approximate surface area is 101 Å². The smallest absolute Gasteiger partial charge is 0.263 e. The maximum atomic E-state index is 13.5. The Morgan fingerprint density at radius 3 is 2.39 bits per heavy atom. The summed E-state index contributed by atoms with van der Waals surface area (Å²) in [6.07, 6.45) is -2.72. The lowest BCUT2D eigenvalue weighted by Gasteiger charge is -2.08. The molecule has 18 heavy (non-hydrogen) atoms. The Hall–Kier alpha value is -2.04. The highest BCUT2D eigenvalue weighted by molar-refractivity contribution is 5.69. The highest BCUT2D eigenvalue weighted by atomic mass is 19.3. The summed E-state index contributed by atoms with van der Waals surface area (Å²) >= 11 is 0. The molecule has 5 heteroatoms. The molecule has 0 amide bonds. The molecule has 0 unspecified atom stereocenters. The molecule has 0 saturated carbocycles. The van der Waals surface area contributed by atoms with E-state index in [1.165, 1.54) is 18.2 Å². The Bertz CT molecular complexity index is 581. The second-order valence-corrected chi connectivity index (χ2v) is 3.79. The summed E-state index contributed by atoms with van der Waals surface area (Å²) in [6, 6.07) is 7.09. The molecule has 94 valence electrons. The molecule has 0 aliphatic heterocycles. The Morgan fingerprint density at radius 1 is 1.00 bits per heavy atom. The van der Waals surface area contributed by atoms with Crippen molar-refractivity contribution in [2.24, 2.45) is 0 Å². The fraction of sp³-hybridized carbons (Fsp3) is 0.0769. The average molecular weight is 255 g/mol. The van der Waals surface area contributed by atoms with Gasteiger partial charge in [-0.05, 0) is 29.8 Å². The maximum Gasteiger partial charge on any atom is 0.263 e. The van der Waals surface area contributed by atoms with Crippen LogP contribution in [-0.4, -0.2) is 0 Å². The summed E-state index contributed by atoms with van der Waals surface area (Å²) in [4.78, 5) is 0. The minimum atomic E-state index is -2.72. The maximum absolute atomic E-state index is 13.5. The van der Waals surface area contributed by atoms with Crippen LogP contribution in [0.3, 0.4) is 0 Å². The van der Waals surface area contributed by atoms with Crippen LogP contribution in [0.5, 0.6) is 0 Å². The van der Waals surface area contributed by atoms with E-state index in [1.807, 2.05) is 0 Å². The molecule has 0 saturated heterocycles. The van der Waals surface area contributed by atoms with Gasteiger partial charge in [-0.1, -0.05) is 12.1 Å². The van der Waals surface area contributed by atoms with Gasteiger partial charge < -0.3 is 5.73 Å². The predicted molar refractivity (Wildman–Crippen MR) is 61.2 cm³/mol. The zero-order valence-corrected chi connectivity index (χ0v) is 9.13. The molecule has 0 aromatic heterocycles. The lowest BCUT2D eigenvalue weighted by atomic mass is 10.0. The minimum Gasteiger partial charge on any atom is -0.399 e. The van der Waals surface area contributed by atoms with Crippen molar-refractivity contribution < 1.29 is 17.6 Å². The molecule has 1 nitrogen and oxygen atoms in total. The van der Waals surface area contributed by atoms with Crippen LogP contribution < -0.4 is 5.73 Å². The number of benzene rings is 2. The zero-order valence-electron chi connectivity index (χ0n) is 9.13. The second kappa shape index (κ2) is 4.68. The molecule has 0 heterocycles. The molecule has 0 spiro atoms. The topological polar surface area (TPSA) is 26.0 Å². The van der Waals surface area contributed by atoms with E-state index in [2.05, 4.69) is 0 Å². The van der Waals surface area contributed by atoms with E-state index in [0.29, 0.717) is 0 Å². The molecule has 0 aliphatic rings. The summed E-state index contributed by atoms with van der Waals surface area (Å²) in [6.45, 7) is 0. The second-order valence-electron chi connectivity index (χ2n) is 3.79. The lowest BCUT2D eigenvalue weighted by molar-refractivity contribution is 0.151. The zero-order chi connectivity index (χ0) is 13.3. The van der Waals surface area contributed by atoms with Crippen molar-refractivity contribution >= 4 is 5.69 Å². The van der Waals surface area contributed by atoms with Gasteiger partial charge in [0.2, 0.25) is 0 Å². The summed E-state index contributed by atoms with van der Waals surface area (Å²) in [5.74, 6) is -2.11. The van der Waals surface area contributed by atoms with Crippen LogP contribution >= 0.6 is 0 Å². The van der Waals surface area contributed by atoms with E-state index in [0.717, 1.165) is 18.2 Å². The van der Waals surface area contributed by atoms with Crippen molar-refractivity contribution in [3.63, 3.8) is 0 Å². The number of nitrogen functional groups attached to an aromatic ring is 1.